The molecule has 2 aromatic rings. The van der Waals surface area contributed by atoms with Crippen LogP contribution in [-0.4, -0.2) is 9.78 Å². The number of hydrogen-bond acceptors (Lipinski definition) is 2. The van der Waals surface area contributed by atoms with Gasteiger partial charge in [0.05, 0.1) is 5.69 Å². The van der Waals surface area contributed by atoms with Gasteiger partial charge in [-0.1, -0.05) is 26.0 Å². The minimum Gasteiger partial charge on any atom is -0.305 e. The molecule has 0 aliphatic rings. The van der Waals surface area contributed by atoms with Crippen LogP contribution in [0.15, 0.2) is 24.3 Å². The summed E-state index contributed by atoms with van der Waals surface area (Å²) in [6.45, 7) is 9.23. The molecule has 0 bridgehead atoms. The molecule has 0 aliphatic heterocycles. The van der Waals surface area contributed by atoms with Gasteiger partial charge in [0.25, 0.3) is 0 Å². The largest absolute Gasteiger partial charge is 0.305 e. The van der Waals surface area contributed by atoms with Crippen molar-refractivity contribution in [3.63, 3.8) is 0 Å². The molecule has 21 heavy (non-hydrogen) atoms. The van der Waals surface area contributed by atoms with E-state index in [2.05, 4.69) is 31.2 Å². The molecule has 4 heteroatoms. The summed E-state index contributed by atoms with van der Waals surface area (Å²) >= 11 is 0. The van der Waals surface area contributed by atoms with Crippen LogP contribution in [-0.2, 0) is 13.6 Å². The highest BCUT2D eigenvalue weighted by Crippen LogP contribution is 2.23. The number of aryl methyl sites for hydroxylation is 2. The minimum atomic E-state index is -0.194. The number of hydrogen-bond donors (Lipinski definition) is 1. The van der Waals surface area contributed by atoms with Crippen LogP contribution in [0.4, 0.5) is 4.39 Å². The minimum absolute atomic E-state index is 0.194. The zero-order valence-corrected chi connectivity index (χ0v) is 13.4. The van der Waals surface area contributed by atoms with E-state index in [-0.39, 0.29) is 11.9 Å². The van der Waals surface area contributed by atoms with E-state index in [1.165, 1.54) is 23.4 Å². The Morgan fingerprint density at radius 3 is 2.29 bits per heavy atom. The van der Waals surface area contributed by atoms with Crippen LogP contribution in [0.1, 0.15) is 42.4 Å². The van der Waals surface area contributed by atoms with E-state index in [9.17, 15) is 4.39 Å². The van der Waals surface area contributed by atoms with Crippen LogP contribution in [0.5, 0.6) is 0 Å². The fraction of sp³-hybridized carbons (Fsp3) is 0.471. The molecule has 0 spiro atoms. The van der Waals surface area contributed by atoms with Gasteiger partial charge in [0.15, 0.2) is 0 Å². The second-order valence-corrected chi connectivity index (χ2v) is 5.93. The Morgan fingerprint density at radius 2 is 1.81 bits per heavy atom. The molecule has 1 aromatic heterocycles. The van der Waals surface area contributed by atoms with Crippen LogP contribution in [0.25, 0.3) is 0 Å². The second kappa shape index (κ2) is 6.39. The smallest absolute Gasteiger partial charge is 0.123 e. The predicted molar refractivity (Wildman–Crippen MR) is 83.5 cm³/mol. The van der Waals surface area contributed by atoms with E-state index in [4.69, 9.17) is 0 Å². The first-order valence-corrected chi connectivity index (χ1v) is 7.38. The van der Waals surface area contributed by atoms with Crippen LogP contribution in [0.2, 0.25) is 0 Å². The Bertz CT molecular complexity index is 599. The molecule has 1 atom stereocenters. The maximum Gasteiger partial charge on any atom is 0.123 e. The standard InChI is InChI=1S/C17H24FN3/c1-11(2)17(14-6-8-15(18)9-7-14)19-10-16-12(3)20-21(5)13(16)4/h6-9,11,17,19H,10H2,1-5H3. The number of rotatable bonds is 5. The van der Waals surface area contributed by atoms with E-state index >= 15 is 0 Å². The first kappa shape index (κ1) is 15.7. The van der Waals surface area contributed by atoms with E-state index < -0.39 is 0 Å². The first-order chi connectivity index (χ1) is 9.90. The van der Waals surface area contributed by atoms with Crippen LogP contribution in [0, 0.1) is 25.6 Å². The maximum atomic E-state index is 13.1. The zero-order chi connectivity index (χ0) is 15.6. The third kappa shape index (κ3) is 3.50. The van der Waals surface area contributed by atoms with Crippen molar-refractivity contribution in [2.45, 2.75) is 40.3 Å². The van der Waals surface area contributed by atoms with Gasteiger partial charge in [-0.25, -0.2) is 4.39 Å². The van der Waals surface area contributed by atoms with E-state index in [0.29, 0.717) is 5.92 Å². The molecule has 1 heterocycles. The molecule has 0 radical (unpaired) electrons. The average molecular weight is 289 g/mol. The van der Waals surface area contributed by atoms with Gasteiger partial charge in [0, 0.05) is 30.9 Å². The van der Waals surface area contributed by atoms with Crippen LogP contribution >= 0.6 is 0 Å². The van der Waals surface area contributed by atoms with Gasteiger partial charge in [0.1, 0.15) is 5.82 Å². The van der Waals surface area contributed by atoms with Gasteiger partial charge in [-0.15, -0.1) is 0 Å². The van der Waals surface area contributed by atoms with Crippen molar-refractivity contribution in [3.8, 4) is 0 Å². The van der Waals surface area contributed by atoms with Crippen molar-refractivity contribution in [2.75, 3.05) is 0 Å². The molecular weight excluding hydrogens is 265 g/mol. The molecule has 2 rings (SSSR count). The second-order valence-electron chi connectivity index (χ2n) is 5.93. The molecule has 1 unspecified atom stereocenters. The predicted octanol–water partition coefficient (Wildman–Crippen LogP) is 3.66. The molecule has 0 saturated heterocycles. The lowest BCUT2D eigenvalue weighted by Gasteiger charge is -2.23. The first-order valence-electron chi connectivity index (χ1n) is 7.38. The van der Waals surface area contributed by atoms with Crippen LogP contribution < -0.4 is 5.32 Å². The summed E-state index contributed by atoms with van der Waals surface area (Å²) in [5.74, 6) is 0.230. The number of aromatic nitrogens is 2. The molecule has 0 saturated carbocycles. The lowest BCUT2D eigenvalue weighted by atomic mass is 9.95. The Balaban J connectivity index is 2.16. The summed E-state index contributed by atoms with van der Waals surface area (Å²) in [5.41, 5.74) is 4.60. The number of nitrogens with one attached hydrogen (secondary N) is 1. The van der Waals surface area contributed by atoms with Crippen molar-refractivity contribution >= 4 is 0 Å². The molecule has 0 amide bonds. The van der Waals surface area contributed by atoms with E-state index in [1.807, 2.05) is 30.8 Å². The van der Waals surface area contributed by atoms with Crippen LogP contribution in [0.3, 0.4) is 0 Å². The number of nitrogens with zero attached hydrogens (tertiary/aromatic N) is 2. The van der Waals surface area contributed by atoms with Crippen molar-refractivity contribution in [3.05, 3.63) is 52.6 Å². The van der Waals surface area contributed by atoms with Crippen molar-refractivity contribution in [2.24, 2.45) is 13.0 Å². The Labute approximate surface area is 126 Å². The highest BCUT2D eigenvalue weighted by molar-refractivity contribution is 5.25. The fourth-order valence-corrected chi connectivity index (χ4v) is 2.69. The van der Waals surface area contributed by atoms with E-state index in [1.54, 1.807) is 0 Å². The van der Waals surface area contributed by atoms with Gasteiger partial charge in [0.2, 0.25) is 0 Å². The zero-order valence-electron chi connectivity index (χ0n) is 13.4. The molecule has 0 fully saturated rings. The molecule has 1 N–H and O–H groups in total. The third-order valence-corrected chi connectivity index (χ3v) is 4.05. The highest BCUT2D eigenvalue weighted by Gasteiger charge is 2.17. The normalized spacial score (nSPS) is 12.9. The summed E-state index contributed by atoms with van der Waals surface area (Å²) in [7, 11) is 1.96. The van der Waals surface area contributed by atoms with Gasteiger partial charge in [-0.05, 0) is 37.5 Å². The maximum absolute atomic E-state index is 13.1. The Hall–Kier alpha value is -1.68. The number of benzene rings is 1. The Kier molecular flexibility index (Phi) is 4.78. The van der Waals surface area contributed by atoms with Crippen molar-refractivity contribution < 1.29 is 4.39 Å². The Morgan fingerprint density at radius 1 is 1.19 bits per heavy atom. The lowest BCUT2D eigenvalue weighted by molar-refractivity contribution is 0.409. The summed E-state index contributed by atoms with van der Waals surface area (Å²) < 4.78 is 15.0. The SMILES string of the molecule is Cc1nn(C)c(C)c1CNC(c1ccc(F)cc1)C(C)C. The summed E-state index contributed by atoms with van der Waals surface area (Å²) in [6.07, 6.45) is 0. The van der Waals surface area contributed by atoms with Gasteiger partial charge >= 0.3 is 0 Å². The van der Waals surface area contributed by atoms with Crippen molar-refractivity contribution in [1.82, 2.24) is 15.1 Å². The molecular formula is C17H24FN3. The fourth-order valence-electron chi connectivity index (χ4n) is 2.69. The number of halogens is 1. The topological polar surface area (TPSA) is 29.9 Å². The van der Waals surface area contributed by atoms with Gasteiger partial charge in [-0.3, -0.25) is 4.68 Å². The summed E-state index contributed by atoms with van der Waals surface area (Å²) in [4.78, 5) is 0. The molecule has 0 aliphatic carbocycles. The van der Waals surface area contributed by atoms with E-state index in [0.717, 1.165) is 17.8 Å². The van der Waals surface area contributed by atoms with Gasteiger partial charge in [-0.2, -0.15) is 5.10 Å². The third-order valence-electron chi connectivity index (χ3n) is 4.05. The van der Waals surface area contributed by atoms with Crippen molar-refractivity contribution in [1.29, 1.82) is 0 Å². The average Bonchev–Trinajstić information content (AvgIpc) is 2.66. The summed E-state index contributed by atoms with van der Waals surface area (Å²) in [6, 6.07) is 6.95. The molecule has 3 nitrogen and oxygen atoms in total. The quantitative estimate of drug-likeness (QED) is 0.910. The molecule has 114 valence electrons. The highest BCUT2D eigenvalue weighted by atomic mass is 19.1. The molecule has 1 aromatic carbocycles. The monoisotopic (exact) mass is 289 g/mol. The lowest BCUT2D eigenvalue weighted by Crippen LogP contribution is -2.25. The summed E-state index contributed by atoms with van der Waals surface area (Å²) in [5, 5.41) is 8.04. The van der Waals surface area contributed by atoms with Gasteiger partial charge < -0.3 is 5.32 Å².